The number of ketones is 1. The van der Waals surface area contributed by atoms with Gasteiger partial charge < -0.3 is 15.2 Å². The summed E-state index contributed by atoms with van der Waals surface area (Å²) in [6.07, 6.45) is 1.73. The van der Waals surface area contributed by atoms with E-state index in [4.69, 9.17) is 38.4 Å². The van der Waals surface area contributed by atoms with Crippen LogP contribution in [0.1, 0.15) is 47.4 Å². The molecule has 40 heavy (non-hydrogen) atoms. The monoisotopic (exact) mass is 573 g/mol. The second-order valence-corrected chi connectivity index (χ2v) is 10.9. The van der Waals surface area contributed by atoms with Crippen LogP contribution in [0.4, 0.5) is 5.69 Å². The highest BCUT2D eigenvalue weighted by Crippen LogP contribution is 2.48. The Balaban J connectivity index is 1.61. The molecule has 1 heterocycles. The first-order valence-corrected chi connectivity index (χ1v) is 13.8. The minimum Gasteiger partial charge on any atom is -0.497 e. The van der Waals surface area contributed by atoms with Crippen LogP contribution in [-0.2, 0) is 11.4 Å². The highest BCUT2D eigenvalue weighted by Gasteiger charge is 2.41. The van der Waals surface area contributed by atoms with E-state index < -0.39 is 5.92 Å². The van der Waals surface area contributed by atoms with Gasteiger partial charge in [0.05, 0.1) is 35.4 Å². The lowest BCUT2D eigenvalue weighted by molar-refractivity contribution is -0.116. The number of aryl methyl sites for hydroxylation is 2. The van der Waals surface area contributed by atoms with Gasteiger partial charge in [0, 0.05) is 22.7 Å². The Morgan fingerprint density at radius 1 is 1.02 bits per heavy atom. The van der Waals surface area contributed by atoms with Crippen LogP contribution >= 0.6 is 23.2 Å². The molecule has 6 nitrogen and oxygen atoms in total. The third kappa shape index (κ3) is 5.03. The van der Waals surface area contributed by atoms with E-state index in [2.05, 4.69) is 12.1 Å². The molecule has 2 N–H and O–H groups in total. The lowest BCUT2D eigenvalue weighted by Gasteiger charge is -2.40. The maximum atomic E-state index is 13.6. The minimum absolute atomic E-state index is 0.0117. The minimum atomic E-state index is -0.588. The SMILES string of the molecule is COc1ccc(OCc2cc(C3C(C#N)=C(N)N(c4ccc(Cl)cc4Cl)C4=C3C(=O)CCC4)c(C)cc2C)cc1. The Hall–Kier alpha value is -3.92. The largest absolute Gasteiger partial charge is 0.497 e. The van der Waals surface area contributed by atoms with E-state index in [1.54, 1.807) is 30.2 Å². The number of benzene rings is 3. The topological polar surface area (TPSA) is 88.6 Å². The average Bonchev–Trinajstić information content (AvgIpc) is 2.93. The Kier molecular flexibility index (Phi) is 7.80. The zero-order chi connectivity index (χ0) is 28.6. The Labute approximate surface area is 244 Å². The van der Waals surface area contributed by atoms with E-state index >= 15 is 0 Å². The molecule has 1 unspecified atom stereocenters. The van der Waals surface area contributed by atoms with Crippen molar-refractivity contribution in [1.82, 2.24) is 0 Å². The van der Waals surface area contributed by atoms with E-state index in [0.29, 0.717) is 58.5 Å². The van der Waals surface area contributed by atoms with Gasteiger partial charge in [0.1, 0.15) is 23.9 Å². The van der Waals surface area contributed by atoms with Crippen LogP contribution in [0.25, 0.3) is 0 Å². The molecule has 0 saturated carbocycles. The Morgan fingerprint density at radius 3 is 2.42 bits per heavy atom. The van der Waals surface area contributed by atoms with Gasteiger partial charge in [-0.2, -0.15) is 5.26 Å². The van der Waals surface area contributed by atoms with Crippen LogP contribution in [-0.4, -0.2) is 12.9 Å². The lowest BCUT2D eigenvalue weighted by Crippen LogP contribution is -2.39. The summed E-state index contributed by atoms with van der Waals surface area (Å²) in [5.74, 6) is 1.15. The van der Waals surface area contributed by atoms with Crippen molar-refractivity contribution in [3.63, 3.8) is 0 Å². The Morgan fingerprint density at radius 2 is 1.75 bits per heavy atom. The molecule has 204 valence electrons. The zero-order valence-electron chi connectivity index (χ0n) is 22.6. The zero-order valence-corrected chi connectivity index (χ0v) is 24.1. The third-order valence-electron chi connectivity index (χ3n) is 7.55. The van der Waals surface area contributed by atoms with Crippen molar-refractivity contribution in [2.24, 2.45) is 5.73 Å². The van der Waals surface area contributed by atoms with Gasteiger partial charge in [-0.3, -0.25) is 9.69 Å². The molecule has 0 fully saturated rings. The third-order valence-corrected chi connectivity index (χ3v) is 8.09. The molecule has 1 aliphatic heterocycles. The number of anilines is 1. The van der Waals surface area contributed by atoms with Gasteiger partial charge in [0.25, 0.3) is 0 Å². The first kappa shape index (κ1) is 27.6. The highest BCUT2D eigenvalue weighted by molar-refractivity contribution is 6.36. The second-order valence-electron chi connectivity index (χ2n) is 10.0. The predicted molar refractivity (Wildman–Crippen MR) is 158 cm³/mol. The summed E-state index contributed by atoms with van der Waals surface area (Å²) in [6, 6.07) is 19.0. The number of hydrogen-bond donors (Lipinski definition) is 1. The van der Waals surface area contributed by atoms with E-state index in [1.165, 1.54) is 0 Å². The molecule has 0 spiro atoms. The molecule has 3 aromatic rings. The molecule has 0 radical (unpaired) electrons. The summed E-state index contributed by atoms with van der Waals surface area (Å²) < 4.78 is 11.3. The van der Waals surface area contributed by atoms with Crippen molar-refractivity contribution < 1.29 is 14.3 Å². The van der Waals surface area contributed by atoms with Crippen LogP contribution in [0.3, 0.4) is 0 Å². The van der Waals surface area contributed by atoms with Crippen LogP contribution < -0.4 is 20.1 Å². The summed E-state index contributed by atoms with van der Waals surface area (Å²) in [7, 11) is 1.62. The molecule has 3 aromatic carbocycles. The van der Waals surface area contributed by atoms with Crippen LogP contribution in [0.5, 0.6) is 11.5 Å². The first-order chi connectivity index (χ1) is 19.2. The molecule has 0 aromatic heterocycles. The van der Waals surface area contributed by atoms with Gasteiger partial charge in [-0.05, 0) is 91.4 Å². The van der Waals surface area contributed by atoms with Gasteiger partial charge in [-0.15, -0.1) is 0 Å². The number of halogens is 2. The predicted octanol–water partition coefficient (Wildman–Crippen LogP) is 7.50. The number of allylic oxidation sites excluding steroid dienone is 3. The van der Waals surface area contributed by atoms with E-state index in [9.17, 15) is 10.1 Å². The van der Waals surface area contributed by atoms with Crippen molar-refractivity contribution in [3.8, 4) is 17.6 Å². The summed E-state index contributed by atoms with van der Waals surface area (Å²) in [5, 5.41) is 11.3. The van der Waals surface area contributed by atoms with E-state index in [-0.39, 0.29) is 11.6 Å². The van der Waals surface area contributed by atoms with Crippen molar-refractivity contribution in [1.29, 1.82) is 5.26 Å². The summed E-state index contributed by atoms with van der Waals surface area (Å²) >= 11 is 12.7. The number of nitrogens with two attached hydrogens (primary N) is 1. The maximum Gasteiger partial charge on any atom is 0.161 e. The van der Waals surface area contributed by atoms with Gasteiger partial charge >= 0.3 is 0 Å². The summed E-state index contributed by atoms with van der Waals surface area (Å²) in [4.78, 5) is 15.3. The number of ether oxygens (including phenoxy) is 2. The summed E-state index contributed by atoms with van der Waals surface area (Å²) in [5.41, 5.74) is 12.9. The van der Waals surface area contributed by atoms with Gasteiger partial charge in [0.15, 0.2) is 5.78 Å². The van der Waals surface area contributed by atoms with Gasteiger partial charge in [-0.1, -0.05) is 35.3 Å². The number of carbonyl (C=O) groups excluding carboxylic acids is 1. The highest BCUT2D eigenvalue weighted by atomic mass is 35.5. The average molecular weight is 575 g/mol. The van der Waals surface area contributed by atoms with E-state index in [0.717, 1.165) is 33.7 Å². The fourth-order valence-electron chi connectivity index (χ4n) is 5.55. The van der Waals surface area contributed by atoms with E-state index in [1.807, 2.05) is 44.2 Å². The molecule has 0 saturated heterocycles. The van der Waals surface area contributed by atoms with Crippen LogP contribution in [0, 0.1) is 25.2 Å². The fraction of sp³-hybridized carbons (Fsp3) is 0.250. The second kappa shape index (κ2) is 11.3. The number of carbonyl (C=O) groups is 1. The molecule has 5 rings (SSSR count). The standard InChI is InChI=1S/C32H29Cl2N3O3/c1-18-13-19(2)24(14-20(18)17-40-23-10-8-22(39-3)9-11-23)30-25(16-35)32(36)37(27-12-7-21(33)15-26(27)34)28-5-4-6-29(38)31(28)30/h7-15,30H,4-6,17,36H2,1-3H3. The van der Waals surface area contributed by atoms with Crippen molar-refractivity contribution in [3.05, 3.63) is 110 Å². The number of rotatable bonds is 6. The molecule has 1 atom stereocenters. The molecular formula is C32H29Cl2N3O3. The fourth-order valence-corrected chi connectivity index (χ4v) is 6.04. The number of Topliss-reactive ketones (excluding diaryl/α,β-unsaturated/α-hetero) is 1. The van der Waals surface area contributed by atoms with Gasteiger partial charge in [-0.25, -0.2) is 0 Å². The van der Waals surface area contributed by atoms with Crippen LogP contribution in [0.2, 0.25) is 10.0 Å². The van der Waals surface area contributed by atoms with Crippen molar-refractivity contribution in [2.45, 2.75) is 45.6 Å². The number of hydrogen-bond acceptors (Lipinski definition) is 6. The summed E-state index contributed by atoms with van der Waals surface area (Å²) in [6.45, 7) is 4.35. The molecule has 1 aliphatic carbocycles. The quantitative estimate of drug-likeness (QED) is 0.328. The molecule has 0 amide bonds. The molecule has 0 bridgehead atoms. The maximum absolute atomic E-state index is 13.6. The van der Waals surface area contributed by atoms with Crippen molar-refractivity contribution >= 4 is 34.7 Å². The van der Waals surface area contributed by atoms with Crippen molar-refractivity contribution in [2.75, 3.05) is 12.0 Å². The normalized spacial score (nSPS) is 17.1. The van der Waals surface area contributed by atoms with Crippen LogP contribution in [0.15, 0.2) is 77.3 Å². The first-order valence-electron chi connectivity index (χ1n) is 13.0. The van der Waals surface area contributed by atoms with Gasteiger partial charge in [0.2, 0.25) is 0 Å². The smallest absolute Gasteiger partial charge is 0.161 e. The lowest BCUT2D eigenvalue weighted by atomic mass is 9.74. The molecule has 8 heteroatoms. The number of nitrogens with zero attached hydrogens (tertiary/aromatic N) is 2. The molecular weight excluding hydrogens is 545 g/mol. The molecule has 2 aliphatic rings. The number of methoxy groups -OCH3 is 1. The number of nitriles is 1. The Bertz CT molecular complexity index is 1600.